The molecule has 3 heteroatoms. The van der Waals surface area contributed by atoms with Crippen LogP contribution in [0.3, 0.4) is 0 Å². The molecule has 1 N–H and O–H groups in total. The summed E-state index contributed by atoms with van der Waals surface area (Å²) in [6.45, 7) is 5.58. The molecule has 0 aliphatic heterocycles. The van der Waals surface area contributed by atoms with Gasteiger partial charge in [-0.25, -0.2) is 0 Å². The first-order valence-corrected chi connectivity index (χ1v) is 8.30. The highest BCUT2D eigenvalue weighted by Gasteiger charge is 2.11. The van der Waals surface area contributed by atoms with Crippen LogP contribution in [0.15, 0.2) is 60.7 Å². The lowest BCUT2D eigenvalue weighted by Gasteiger charge is -2.16. The van der Waals surface area contributed by atoms with Crippen LogP contribution < -0.4 is 0 Å². The lowest BCUT2D eigenvalue weighted by molar-refractivity contribution is -0.140. The van der Waals surface area contributed by atoms with Crippen molar-refractivity contribution in [3.8, 4) is 0 Å². The van der Waals surface area contributed by atoms with Crippen molar-refractivity contribution in [1.82, 2.24) is 0 Å². The van der Waals surface area contributed by atoms with E-state index >= 15 is 0 Å². The molecular weight excluding hydrogens is 300 g/mol. The predicted octanol–water partition coefficient (Wildman–Crippen LogP) is 4.18. The SMILES string of the molecule is CC(=O)OCCc1ccccc1.CC(C)(O)CCc1ccccc1. The van der Waals surface area contributed by atoms with Gasteiger partial charge in [-0.05, 0) is 37.8 Å². The zero-order valence-electron chi connectivity index (χ0n) is 14.9. The first kappa shape index (κ1) is 19.9. The van der Waals surface area contributed by atoms with Crippen molar-refractivity contribution in [2.24, 2.45) is 0 Å². The van der Waals surface area contributed by atoms with Crippen molar-refractivity contribution < 1.29 is 14.6 Å². The van der Waals surface area contributed by atoms with Gasteiger partial charge < -0.3 is 9.84 Å². The second-order valence-electron chi connectivity index (χ2n) is 6.37. The van der Waals surface area contributed by atoms with Crippen molar-refractivity contribution in [3.05, 3.63) is 71.8 Å². The van der Waals surface area contributed by atoms with E-state index in [1.807, 2.05) is 62.4 Å². The third-order valence-corrected chi connectivity index (χ3v) is 3.41. The highest BCUT2D eigenvalue weighted by Crippen LogP contribution is 2.12. The number of hydrogen-bond acceptors (Lipinski definition) is 3. The molecule has 0 saturated heterocycles. The van der Waals surface area contributed by atoms with Crippen LogP contribution in [0.5, 0.6) is 0 Å². The van der Waals surface area contributed by atoms with Crippen LogP contribution in [-0.2, 0) is 22.4 Å². The molecular formula is C21H28O3. The number of rotatable bonds is 6. The molecule has 0 fully saturated rings. The van der Waals surface area contributed by atoms with E-state index in [1.165, 1.54) is 18.1 Å². The maximum Gasteiger partial charge on any atom is 0.302 e. The van der Waals surface area contributed by atoms with E-state index in [0.717, 1.165) is 19.3 Å². The van der Waals surface area contributed by atoms with Crippen LogP contribution in [0.25, 0.3) is 0 Å². The highest BCUT2D eigenvalue weighted by atomic mass is 16.5. The lowest BCUT2D eigenvalue weighted by atomic mass is 9.99. The molecule has 2 aromatic carbocycles. The zero-order valence-corrected chi connectivity index (χ0v) is 14.9. The second kappa shape index (κ2) is 10.6. The van der Waals surface area contributed by atoms with Gasteiger partial charge in [-0.15, -0.1) is 0 Å². The summed E-state index contributed by atoms with van der Waals surface area (Å²) in [5.41, 5.74) is 1.94. The largest absolute Gasteiger partial charge is 0.466 e. The number of esters is 1. The van der Waals surface area contributed by atoms with E-state index in [4.69, 9.17) is 4.74 Å². The van der Waals surface area contributed by atoms with Gasteiger partial charge in [0, 0.05) is 13.3 Å². The van der Waals surface area contributed by atoms with E-state index in [0.29, 0.717) is 6.61 Å². The van der Waals surface area contributed by atoms with E-state index in [2.05, 4.69) is 12.1 Å². The molecule has 130 valence electrons. The number of carbonyl (C=O) groups is 1. The van der Waals surface area contributed by atoms with Crippen LogP contribution in [-0.4, -0.2) is 23.3 Å². The molecule has 0 saturated carbocycles. The van der Waals surface area contributed by atoms with Crippen LogP contribution in [0.2, 0.25) is 0 Å². The summed E-state index contributed by atoms with van der Waals surface area (Å²) in [5.74, 6) is -0.217. The Morgan fingerprint density at radius 3 is 1.79 bits per heavy atom. The van der Waals surface area contributed by atoms with Gasteiger partial charge in [0.05, 0.1) is 12.2 Å². The standard InChI is InChI=1S/C11H16O.C10H12O2/c1-11(2,12)9-8-10-6-4-3-5-7-10;1-9(11)12-8-7-10-5-3-2-4-6-10/h3-7,12H,8-9H2,1-2H3;2-6H,7-8H2,1H3. The third-order valence-electron chi connectivity index (χ3n) is 3.41. The van der Waals surface area contributed by atoms with Crippen molar-refractivity contribution >= 4 is 5.97 Å². The fourth-order valence-electron chi connectivity index (χ4n) is 2.05. The van der Waals surface area contributed by atoms with Gasteiger partial charge in [-0.2, -0.15) is 0 Å². The van der Waals surface area contributed by atoms with Gasteiger partial charge in [0.2, 0.25) is 0 Å². The van der Waals surface area contributed by atoms with Crippen molar-refractivity contribution in [3.63, 3.8) is 0 Å². The number of benzene rings is 2. The molecule has 0 radical (unpaired) electrons. The van der Waals surface area contributed by atoms with Crippen LogP contribution in [0, 0.1) is 0 Å². The summed E-state index contributed by atoms with van der Waals surface area (Å²) in [7, 11) is 0. The Balaban J connectivity index is 0.000000240. The first-order valence-electron chi connectivity index (χ1n) is 8.30. The minimum absolute atomic E-state index is 0.217. The molecule has 0 unspecified atom stereocenters. The van der Waals surface area contributed by atoms with Gasteiger partial charge in [-0.1, -0.05) is 60.7 Å². The van der Waals surface area contributed by atoms with Crippen molar-refractivity contribution in [2.75, 3.05) is 6.61 Å². The van der Waals surface area contributed by atoms with Crippen molar-refractivity contribution in [2.45, 2.75) is 45.6 Å². The smallest absolute Gasteiger partial charge is 0.302 e. The number of carbonyl (C=O) groups excluding carboxylic acids is 1. The maximum absolute atomic E-state index is 10.4. The lowest BCUT2D eigenvalue weighted by Crippen LogP contribution is -2.19. The summed E-state index contributed by atoms with van der Waals surface area (Å²) in [6, 6.07) is 20.2. The monoisotopic (exact) mass is 328 g/mol. The van der Waals surface area contributed by atoms with E-state index in [1.54, 1.807) is 0 Å². The molecule has 0 aliphatic rings. The Bertz CT molecular complexity index is 571. The first-order chi connectivity index (χ1) is 11.4. The topological polar surface area (TPSA) is 46.5 Å². The number of aryl methyl sites for hydroxylation is 1. The molecule has 0 aromatic heterocycles. The maximum atomic E-state index is 10.4. The van der Waals surface area contributed by atoms with E-state index in [-0.39, 0.29) is 5.97 Å². The summed E-state index contributed by atoms with van der Waals surface area (Å²) >= 11 is 0. The minimum atomic E-state index is -0.546. The average molecular weight is 328 g/mol. The highest BCUT2D eigenvalue weighted by molar-refractivity contribution is 5.65. The minimum Gasteiger partial charge on any atom is -0.466 e. The summed E-state index contributed by atoms with van der Waals surface area (Å²) < 4.78 is 4.81. The van der Waals surface area contributed by atoms with Gasteiger partial charge >= 0.3 is 5.97 Å². The molecule has 2 rings (SSSR count). The number of ether oxygens (including phenoxy) is 1. The van der Waals surface area contributed by atoms with E-state index < -0.39 is 5.60 Å². The quantitative estimate of drug-likeness (QED) is 0.809. The fraction of sp³-hybridized carbons (Fsp3) is 0.381. The Morgan fingerprint density at radius 1 is 0.917 bits per heavy atom. The van der Waals surface area contributed by atoms with Crippen LogP contribution >= 0.6 is 0 Å². The van der Waals surface area contributed by atoms with Crippen LogP contribution in [0.4, 0.5) is 0 Å². The summed E-state index contributed by atoms with van der Waals surface area (Å²) in [6.07, 6.45) is 2.56. The summed E-state index contributed by atoms with van der Waals surface area (Å²) in [5, 5.41) is 9.48. The average Bonchev–Trinajstić information content (AvgIpc) is 2.55. The van der Waals surface area contributed by atoms with Gasteiger partial charge in [-0.3, -0.25) is 4.79 Å². The molecule has 0 atom stereocenters. The number of hydrogen-bond donors (Lipinski definition) is 1. The molecule has 24 heavy (non-hydrogen) atoms. The predicted molar refractivity (Wildman–Crippen MR) is 97.8 cm³/mol. The molecule has 2 aromatic rings. The third kappa shape index (κ3) is 10.6. The molecule has 0 spiro atoms. The normalized spacial score (nSPS) is 10.5. The number of aliphatic hydroxyl groups is 1. The van der Waals surface area contributed by atoms with Gasteiger partial charge in [0.1, 0.15) is 0 Å². The molecule has 0 heterocycles. The van der Waals surface area contributed by atoms with Crippen molar-refractivity contribution in [1.29, 1.82) is 0 Å². The van der Waals surface area contributed by atoms with Crippen LogP contribution in [0.1, 0.15) is 38.3 Å². The summed E-state index contributed by atoms with van der Waals surface area (Å²) in [4.78, 5) is 10.4. The molecule has 0 amide bonds. The Kier molecular flexibility index (Phi) is 8.80. The Morgan fingerprint density at radius 2 is 1.38 bits per heavy atom. The molecule has 0 aliphatic carbocycles. The second-order valence-corrected chi connectivity index (χ2v) is 6.37. The molecule has 3 nitrogen and oxygen atoms in total. The van der Waals surface area contributed by atoms with Gasteiger partial charge in [0.25, 0.3) is 0 Å². The fourth-order valence-corrected chi connectivity index (χ4v) is 2.05. The Labute approximate surface area is 145 Å². The van der Waals surface area contributed by atoms with Gasteiger partial charge in [0.15, 0.2) is 0 Å². The van der Waals surface area contributed by atoms with E-state index in [9.17, 15) is 9.90 Å². The zero-order chi connectivity index (χ0) is 17.8. The molecule has 0 bridgehead atoms. The Hall–Kier alpha value is -2.13.